The maximum Gasteiger partial charge on any atom is 0.255 e. The van der Waals surface area contributed by atoms with Crippen LogP contribution in [0.25, 0.3) is 0 Å². The van der Waals surface area contributed by atoms with Gasteiger partial charge in [0.15, 0.2) is 0 Å². The number of anilines is 3. The van der Waals surface area contributed by atoms with Crippen molar-refractivity contribution in [2.45, 2.75) is 0 Å². The molecule has 0 aliphatic carbocycles. The first-order chi connectivity index (χ1) is 11.6. The van der Waals surface area contributed by atoms with Crippen LogP contribution in [0.4, 0.5) is 17.1 Å². The molecule has 1 amide bonds. The van der Waals surface area contributed by atoms with E-state index in [1.54, 1.807) is 36.7 Å². The van der Waals surface area contributed by atoms with Crippen LogP contribution in [0.3, 0.4) is 0 Å². The number of halogens is 1. The predicted molar refractivity (Wildman–Crippen MR) is 98.1 cm³/mol. The number of rotatable bonds is 4. The Morgan fingerprint density at radius 1 is 1.04 bits per heavy atom. The first-order valence-corrected chi connectivity index (χ1v) is 7.82. The normalized spacial score (nSPS) is 10.2. The number of hydrogen-bond acceptors (Lipinski definition) is 3. The smallest absolute Gasteiger partial charge is 0.255 e. The van der Waals surface area contributed by atoms with E-state index in [0.717, 1.165) is 11.4 Å². The Balaban J connectivity index is 1.79. The van der Waals surface area contributed by atoms with Gasteiger partial charge in [0, 0.05) is 35.2 Å². The summed E-state index contributed by atoms with van der Waals surface area (Å²) < 4.78 is 0. The van der Waals surface area contributed by atoms with Gasteiger partial charge in [-0.3, -0.25) is 9.78 Å². The Morgan fingerprint density at radius 2 is 1.83 bits per heavy atom. The van der Waals surface area contributed by atoms with Crippen molar-refractivity contribution in [2.24, 2.45) is 0 Å². The summed E-state index contributed by atoms with van der Waals surface area (Å²) in [6, 6.07) is 18.4. The van der Waals surface area contributed by atoms with E-state index in [2.05, 4.69) is 10.3 Å². The maximum atomic E-state index is 12.3. The molecule has 3 aromatic rings. The van der Waals surface area contributed by atoms with Crippen LogP contribution in [-0.4, -0.2) is 17.9 Å². The van der Waals surface area contributed by atoms with Crippen molar-refractivity contribution in [3.63, 3.8) is 0 Å². The average Bonchev–Trinajstić information content (AvgIpc) is 2.62. The number of carbonyl (C=O) groups is 1. The van der Waals surface area contributed by atoms with Crippen molar-refractivity contribution in [3.8, 4) is 0 Å². The minimum absolute atomic E-state index is 0.196. The van der Waals surface area contributed by atoms with E-state index in [1.165, 1.54) is 0 Å². The summed E-state index contributed by atoms with van der Waals surface area (Å²) in [6.07, 6.45) is 3.52. The standard InChI is InChI=1S/C19H16ClN3O/c1-23(18-9-4-10-21-13-18)17-8-3-7-16(12-17)22-19(24)14-5-2-6-15(20)11-14/h2-13H,1H3,(H,22,24). The molecule has 1 N–H and O–H groups in total. The monoisotopic (exact) mass is 337 g/mol. The molecule has 0 atom stereocenters. The highest BCUT2D eigenvalue weighted by atomic mass is 35.5. The Kier molecular flexibility index (Phi) is 4.77. The molecule has 0 radical (unpaired) electrons. The summed E-state index contributed by atoms with van der Waals surface area (Å²) in [7, 11) is 1.95. The molecule has 0 aliphatic heterocycles. The minimum atomic E-state index is -0.196. The molecule has 4 nitrogen and oxygen atoms in total. The molecular weight excluding hydrogens is 322 g/mol. The number of nitrogens with one attached hydrogen (secondary N) is 1. The Morgan fingerprint density at radius 3 is 2.58 bits per heavy atom. The first-order valence-electron chi connectivity index (χ1n) is 7.44. The van der Waals surface area contributed by atoms with Crippen LogP contribution < -0.4 is 10.2 Å². The Labute approximate surface area is 145 Å². The maximum absolute atomic E-state index is 12.3. The summed E-state index contributed by atoms with van der Waals surface area (Å²) in [5.74, 6) is -0.196. The number of nitrogens with zero attached hydrogens (tertiary/aromatic N) is 2. The fraction of sp³-hybridized carbons (Fsp3) is 0.0526. The second kappa shape index (κ2) is 7.15. The molecule has 24 heavy (non-hydrogen) atoms. The number of benzene rings is 2. The molecule has 0 unspecified atom stereocenters. The molecule has 120 valence electrons. The predicted octanol–water partition coefficient (Wildman–Crippen LogP) is 4.76. The average molecular weight is 338 g/mol. The van der Waals surface area contributed by atoms with E-state index in [-0.39, 0.29) is 5.91 Å². The molecule has 0 aliphatic rings. The van der Waals surface area contributed by atoms with Crippen molar-refractivity contribution < 1.29 is 4.79 Å². The lowest BCUT2D eigenvalue weighted by Gasteiger charge is -2.19. The lowest BCUT2D eigenvalue weighted by molar-refractivity contribution is 0.102. The molecule has 0 saturated carbocycles. The topological polar surface area (TPSA) is 45.2 Å². The molecular formula is C19H16ClN3O. The van der Waals surface area contributed by atoms with E-state index in [1.807, 2.05) is 48.3 Å². The highest BCUT2D eigenvalue weighted by Gasteiger charge is 2.09. The number of aromatic nitrogens is 1. The summed E-state index contributed by atoms with van der Waals surface area (Å²) in [4.78, 5) is 18.5. The van der Waals surface area contributed by atoms with Crippen LogP contribution in [0, 0.1) is 0 Å². The Bertz CT molecular complexity index is 852. The molecule has 0 fully saturated rings. The summed E-state index contributed by atoms with van der Waals surface area (Å²) in [5.41, 5.74) is 3.16. The molecule has 0 saturated heterocycles. The molecule has 0 spiro atoms. The van der Waals surface area contributed by atoms with Crippen LogP contribution in [0.2, 0.25) is 5.02 Å². The van der Waals surface area contributed by atoms with Gasteiger partial charge in [0.2, 0.25) is 0 Å². The first kappa shape index (κ1) is 16.0. The summed E-state index contributed by atoms with van der Waals surface area (Å²) >= 11 is 5.93. The van der Waals surface area contributed by atoms with Gasteiger partial charge in [0.25, 0.3) is 5.91 Å². The van der Waals surface area contributed by atoms with Gasteiger partial charge in [-0.2, -0.15) is 0 Å². The van der Waals surface area contributed by atoms with Crippen LogP contribution >= 0.6 is 11.6 Å². The van der Waals surface area contributed by atoms with Crippen molar-refractivity contribution in [3.05, 3.63) is 83.6 Å². The zero-order chi connectivity index (χ0) is 16.9. The van der Waals surface area contributed by atoms with E-state index in [0.29, 0.717) is 16.3 Å². The van der Waals surface area contributed by atoms with Gasteiger partial charge < -0.3 is 10.2 Å². The second-order valence-electron chi connectivity index (χ2n) is 5.29. The minimum Gasteiger partial charge on any atom is -0.343 e. The SMILES string of the molecule is CN(c1cccnc1)c1cccc(NC(=O)c2cccc(Cl)c2)c1. The van der Waals surface area contributed by atoms with E-state index in [4.69, 9.17) is 11.6 Å². The molecule has 2 aromatic carbocycles. The van der Waals surface area contributed by atoms with Crippen molar-refractivity contribution in [1.82, 2.24) is 4.98 Å². The van der Waals surface area contributed by atoms with Crippen LogP contribution in [0.15, 0.2) is 73.1 Å². The lowest BCUT2D eigenvalue weighted by Crippen LogP contribution is -2.13. The third-order valence-electron chi connectivity index (χ3n) is 3.61. The highest BCUT2D eigenvalue weighted by Crippen LogP contribution is 2.25. The van der Waals surface area contributed by atoms with Gasteiger partial charge in [-0.25, -0.2) is 0 Å². The zero-order valence-corrected chi connectivity index (χ0v) is 13.9. The molecule has 1 aromatic heterocycles. The molecule has 1 heterocycles. The third kappa shape index (κ3) is 3.73. The fourth-order valence-electron chi connectivity index (χ4n) is 2.33. The van der Waals surface area contributed by atoms with Crippen molar-refractivity contribution in [2.75, 3.05) is 17.3 Å². The number of pyridine rings is 1. The van der Waals surface area contributed by atoms with E-state index < -0.39 is 0 Å². The molecule has 3 rings (SSSR count). The van der Waals surface area contributed by atoms with Crippen molar-refractivity contribution in [1.29, 1.82) is 0 Å². The largest absolute Gasteiger partial charge is 0.343 e. The Hall–Kier alpha value is -2.85. The molecule has 5 heteroatoms. The number of amides is 1. The zero-order valence-electron chi connectivity index (χ0n) is 13.1. The van der Waals surface area contributed by atoms with E-state index in [9.17, 15) is 4.79 Å². The number of carbonyl (C=O) groups excluding carboxylic acids is 1. The van der Waals surface area contributed by atoms with Gasteiger partial charge in [0.05, 0.1) is 11.9 Å². The van der Waals surface area contributed by atoms with Crippen LogP contribution in [0.1, 0.15) is 10.4 Å². The second-order valence-corrected chi connectivity index (χ2v) is 5.72. The van der Waals surface area contributed by atoms with Crippen LogP contribution in [-0.2, 0) is 0 Å². The van der Waals surface area contributed by atoms with Gasteiger partial charge >= 0.3 is 0 Å². The van der Waals surface area contributed by atoms with Gasteiger partial charge in [-0.15, -0.1) is 0 Å². The van der Waals surface area contributed by atoms with Gasteiger partial charge in [-0.1, -0.05) is 23.7 Å². The van der Waals surface area contributed by atoms with Crippen molar-refractivity contribution >= 4 is 34.6 Å². The third-order valence-corrected chi connectivity index (χ3v) is 3.85. The van der Waals surface area contributed by atoms with E-state index >= 15 is 0 Å². The number of hydrogen-bond donors (Lipinski definition) is 1. The lowest BCUT2D eigenvalue weighted by atomic mass is 10.2. The highest BCUT2D eigenvalue weighted by molar-refractivity contribution is 6.31. The quantitative estimate of drug-likeness (QED) is 0.746. The summed E-state index contributed by atoms with van der Waals surface area (Å²) in [6.45, 7) is 0. The van der Waals surface area contributed by atoms with Gasteiger partial charge in [0.1, 0.15) is 0 Å². The van der Waals surface area contributed by atoms with Gasteiger partial charge in [-0.05, 0) is 48.5 Å². The molecule has 0 bridgehead atoms. The van der Waals surface area contributed by atoms with Crippen LogP contribution in [0.5, 0.6) is 0 Å². The fourth-order valence-corrected chi connectivity index (χ4v) is 2.52. The summed E-state index contributed by atoms with van der Waals surface area (Å²) in [5, 5.41) is 3.43.